The van der Waals surface area contributed by atoms with E-state index in [-0.39, 0.29) is 5.75 Å². The predicted octanol–water partition coefficient (Wildman–Crippen LogP) is 1.74. The lowest BCUT2D eigenvalue weighted by molar-refractivity contribution is -0.139. The number of rotatable bonds is 7. The van der Waals surface area contributed by atoms with Crippen molar-refractivity contribution >= 4 is 5.97 Å². The first-order chi connectivity index (χ1) is 8.58. The molecule has 0 aliphatic carbocycles. The van der Waals surface area contributed by atoms with Gasteiger partial charge in [-0.25, -0.2) is 0 Å². The Labute approximate surface area is 106 Å². The minimum atomic E-state index is -0.845. The molecule has 1 aromatic carbocycles. The van der Waals surface area contributed by atoms with Gasteiger partial charge < -0.3 is 20.3 Å². The van der Waals surface area contributed by atoms with Gasteiger partial charge in [0.1, 0.15) is 6.04 Å². The Morgan fingerprint density at radius 2 is 2.22 bits per heavy atom. The molecule has 1 aromatic rings. The summed E-state index contributed by atoms with van der Waals surface area (Å²) >= 11 is 0. The monoisotopic (exact) mass is 253 g/mol. The molecule has 18 heavy (non-hydrogen) atoms. The normalized spacial score (nSPS) is 12.1. The van der Waals surface area contributed by atoms with E-state index >= 15 is 0 Å². The Bertz CT molecular complexity index is 406. The van der Waals surface area contributed by atoms with Crippen LogP contribution < -0.4 is 10.1 Å². The van der Waals surface area contributed by atoms with Gasteiger partial charge >= 0.3 is 5.97 Å². The van der Waals surface area contributed by atoms with Crippen molar-refractivity contribution in [3.8, 4) is 11.5 Å². The molecule has 0 bridgehead atoms. The van der Waals surface area contributed by atoms with E-state index in [0.717, 1.165) is 12.0 Å². The summed E-state index contributed by atoms with van der Waals surface area (Å²) < 4.78 is 4.99. The molecule has 0 heterocycles. The number of phenolic OH excluding ortho intramolecular Hbond substituents is 1. The number of aliphatic carboxylic acids is 1. The van der Waals surface area contributed by atoms with Crippen molar-refractivity contribution in [3.05, 3.63) is 23.8 Å². The highest BCUT2D eigenvalue weighted by atomic mass is 16.5. The first kappa shape index (κ1) is 14.3. The largest absolute Gasteiger partial charge is 0.504 e. The minimum Gasteiger partial charge on any atom is -0.504 e. The molecule has 0 saturated carbocycles. The number of phenols is 1. The molecule has 1 atom stereocenters. The van der Waals surface area contributed by atoms with Crippen LogP contribution in [0.5, 0.6) is 11.5 Å². The van der Waals surface area contributed by atoms with Gasteiger partial charge in [0.25, 0.3) is 0 Å². The molecule has 0 aromatic heterocycles. The van der Waals surface area contributed by atoms with E-state index in [0.29, 0.717) is 18.7 Å². The van der Waals surface area contributed by atoms with E-state index in [9.17, 15) is 9.90 Å². The van der Waals surface area contributed by atoms with Gasteiger partial charge in [-0.2, -0.15) is 0 Å². The highest BCUT2D eigenvalue weighted by molar-refractivity contribution is 5.73. The van der Waals surface area contributed by atoms with E-state index in [1.165, 1.54) is 13.2 Å². The predicted molar refractivity (Wildman–Crippen MR) is 67.8 cm³/mol. The maximum absolute atomic E-state index is 11.0. The SMILES string of the molecule is CCCC(NCc1ccc(O)c(OC)c1)C(=O)O. The molecule has 0 spiro atoms. The van der Waals surface area contributed by atoms with Crippen molar-refractivity contribution in [2.75, 3.05) is 7.11 Å². The van der Waals surface area contributed by atoms with Gasteiger partial charge in [-0.15, -0.1) is 0 Å². The van der Waals surface area contributed by atoms with Gasteiger partial charge in [0.2, 0.25) is 0 Å². The van der Waals surface area contributed by atoms with Crippen molar-refractivity contribution in [2.24, 2.45) is 0 Å². The number of aromatic hydroxyl groups is 1. The molecule has 0 aliphatic rings. The van der Waals surface area contributed by atoms with E-state index < -0.39 is 12.0 Å². The number of carboxylic acid groups (broad SMARTS) is 1. The number of ether oxygens (including phenoxy) is 1. The van der Waals surface area contributed by atoms with Crippen molar-refractivity contribution in [3.63, 3.8) is 0 Å². The van der Waals surface area contributed by atoms with Gasteiger partial charge in [0.05, 0.1) is 7.11 Å². The highest BCUT2D eigenvalue weighted by Gasteiger charge is 2.15. The molecule has 5 heteroatoms. The average Bonchev–Trinajstić information content (AvgIpc) is 2.35. The zero-order valence-electron chi connectivity index (χ0n) is 10.6. The van der Waals surface area contributed by atoms with Crippen LogP contribution in [-0.2, 0) is 11.3 Å². The van der Waals surface area contributed by atoms with E-state index in [4.69, 9.17) is 9.84 Å². The van der Waals surface area contributed by atoms with Crippen LogP contribution in [0.1, 0.15) is 25.3 Å². The minimum absolute atomic E-state index is 0.0737. The third-order valence-electron chi connectivity index (χ3n) is 2.67. The molecule has 0 fully saturated rings. The van der Waals surface area contributed by atoms with E-state index in [2.05, 4.69) is 5.32 Å². The van der Waals surface area contributed by atoms with Crippen LogP contribution in [0.3, 0.4) is 0 Å². The lowest BCUT2D eigenvalue weighted by atomic mass is 10.1. The molecule has 1 rings (SSSR count). The second-order valence-electron chi connectivity index (χ2n) is 4.07. The second-order valence-corrected chi connectivity index (χ2v) is 4.07. The third kappa shape index (κ3) is 3.92. The van der Waals surface area contributed by atoms with Crippen LogP contribution in [0.25, 0.3) is 0 Å². The fourth-order valence-electron chi connectivity index (χ4n) is 1.67. The Hall–Kier alpha value is -1.75. The molecular formula is C13H19NO4. The number of benzene rings is 1. The maximum Gasteiger partial charge on any atom is 0.320 e. The standard InChI is InChI=1S/C13H19NO4/c1-3-4-10(13(16)17)14-8-9-5-6-11(15)12(7-9)18-2/h5-7,10,14-15H,3-4,8H2,1-2H3,(H,16,17). The van der Waals surface area contributed by atoms with Crippen LogP contribution in [0, 0.1) is 0 Å². The summed E-state index contributed by atoms with van der Waals surface area (Å²) in [5.41, 5.74) is 0.868. The lowest BCUT2D eigenvalue weighted by Crippen LogP contribution is -2.35. The van der Waals surface area contributed by atoms with Crippen LogP contribution in [0.4, 0.5) is 0 Å². The first-order valence-corrected chi connectivity index (χ1v) is 5.90. The summed E-state index contributed by atoms with van der Waals surface area (Å²) in [7, 11) is 1.48. The third-order valence-corrected chi connectivity index (χ3v) is 2.67. The highest BCUT2D eigenvalue weighted by Crippen LogP contribution is 2.26. The number of nitrogens with one attached hydrogen (secondary N) is 1. The van der Waals surface area contributed by atoms with E-state index in [1.54, 1.807) is 12.1 Å². The van der Waals surface area contributed by atoms with Gasteiger partial charge in [0.15, 0.2) is 11.5 Å². The van der Waals surface area contributed by atoms with Crippen LogP contribution >= 0.6 is 0 Å². The topological polar surface area (TPSA) is 78.8 Å². The fraction of sp³-hybridized carbons (Fsp3) is 0.462. The number of hydrogen-bond acceptors (Lipinski definition) is 4. The van der Waals surface area contributed by atoms with Crippen LogP contribution in [-0.4, -0.2) is 29.3 Å². The summed E-state index contributed by atoms with van der Waals surface area (Å²) in [5, 5.41) is 21.4. The Morgan fingerprint density at radius 3 is 2.78 bits per heavy atom. The van der Waals surface area contributed by atoms with Gasteiger partial charge in [0, 0.05) is 6.54 Å². The van der Waals surface area contributed by atoms with Gasteiger partial charge in [-0.3, -0.25) is 4.79 Å². The van der Waals surface area contributed by atoms with Crippen molar-refractivity contribution < 1.29 is 19.7 Å². The summed E-state index contributed by atoms with van der Waals surface area (Å²) in [5.74, 6) is -0.385. The van der Waals surface area contributed by atoms with E-state index in [1.807, 2.05) is 6.92 Å². The summed E-state index contributed by atoms with van der Waals surface area (Å²) in [6.45, 7) is 2.37. The van der Waals surface area contributed by atoms with Crippen molar-refractivity contribution in [1.29, 1.82) is 0 Å². The number of carboxylic acids is 1. The van der Waals surface area contributed by atoms with Crippen LogP contribution in [0.2, 0.25) is 0 Å². The molecule has 0 aliphatic heterocycles. The molecule has 0 amide bonds. The van der Waals surface area contributed by atoms with Crippen molar-refractivity contribution in [2.45, 2.75) is 32.4 Å². The Morgan fingerprint density at radius 1 is 1.50 bits per heavy atom. The zero-order valence-corrected chi connectivity index (χ0v) is 10.6. The zero-order chi connectivity index (χ0) is 13.5. The van der Waals surface area contributed by atoms with Crippen LogP contribution in [0.15, 0.2) is 18.2 Å². The summed E-state index contributed by atoms with van der Waals surface area (Å²) in [4.78, 5) is 11.0. The Kier molecular flexibility index (Phi) is 5.45. The molecular weight excluding hydrogens is 234 g/mol. The summed E-state index contributed by atoms with van der Waals surface area (Å²) in [6, 6.07) is 4.41. The lowest BCUT2D eigenvalue weighted by Gasteiger charge is -2.14. The first-order valence-electron chi connectivity index (χ1n) is 5.90. The number of hydrogen-bond donors (Lipinski definition) is 3. The fourth-order valence-corrected chi connectivity index (χ4v) is 1.67. The maximum atomic E-state index is 11.0. The average molecular weight is 253 g/mol. The van der Waals surface area contributed by atoms with Gasteiger partial charge in [-0.1, -0.05) is 19.4 Å². The molecule has 100 valence electrons. The number of carbonyl (C=O) groups is 1. The molecule has 5 nitrogen and oxygen atoms in total. The summed E-state index contributed by atoms with van der Waals surface area (Å²) in [6.07, 6.45) is 1.40. The molecule has 3 N–H and O–H groups in total. The number of methoxy groups -OCH3 is 1. The van der Waals surface area contributed by atoms with Crippen molar-refractivity contribution in [1.82, 2.24) is 5.32 Å². The van der Waals surface area contributed by atoms with Gasteiger partial charge in [-0.05, 0) is 24.1 Å². The second kappa shape index (κ2) is 6.86. The molecule has 1 unspecified atom stereocenters. The smallest absolute Gasteiger partial charge is 0.320 e. The molecule has 0 saturated heterocycles. The quantitative estimate of drug-likeness (QED) is 0.690. The Balaban J connectivity index is 2.64. The molecule has 0 radical (unpaired) electrons.